The molecule has 5 rings (SSSR count). The van der Waals surface area contributed by atoms with E-state index in [4.69, 9.17) is 4.98 Å². The van der Waals surface area contributed by atoms with E-state index in [2.05, 4.69) is 39.9 Å². The number of carbonyl (C=O) groups excluding carboxylic acids is 1. The Labute approximate surface area is 262 Å². The van der Waals surface area contributed by atoms with E-state index in [0.29, 0.717) is 6.42 Å². The van der Waals surface area contributed by atoms with E-state index in [0.717, 1.165) is 54.4 Å². The van der Waals surface area contributed by atoms with Crippen LogP contribution in [0, 0.1) is 27.7 Å². The van der Waals surface area contributed by atoms with E-state index < -0.39 is 0 Å². The van der Waals surface area contributed by atoms with Crippen LogP contribution in [-0.2, 0) is 83.2 Å². The van der Waals surface area contributed by atoms with Gasteiger partial charge in [0.2, 0.25) is 5.91 Å². The van der Waals surface area contributed by atoms with Crippen molar-refractivity contribution < 1.29 is 70.2 Å². The summed E-state index contributed by atoms with van der Waals surface area (Å²) in [7, 11) is 0. The molecule has 0 N–H and O–H groups in total. The normalized spacial score (nSPS) is 15.7. The Morgan fingerprint density at radius 1 is 1.00 bits per heavy atom. The molecule has 0 atom stereocenters. The number of aromatic nitrogens is 3. The Bertz CT molecular complexity index is 1070. The Morgan fingerprint density at radius 3 is 2.37 bits per heavy atom. The molecule has 0 spiro atoms. The second-order valence-corrected chi connectivity index (χ2v) is 9.27. The van der Waals surface area contributed by atoms with Gasteiger partial charge in [0.05, 0.1) is 0 Å². The summed E-state index contributed by atoms with van der Waals surface area (Å²) in [5.41, 5.74) is 4.65. The van der Waals surface area contributed by atoms with E-state index in [-0.39, 0.29) is 86.2 Å². The van der Waals surface area contributed by atoms with Crippen molar-refractivity contribution in [2.24, 2.45) is 5.92 Å². The molecule has 3 aromatic rings. The summed E-state index contributed by atoms with van der Waals surface area (Å²) in [6.07, 6.45) is 12.6. The molecule has 1 aromatic carbocycles. The Hall–Kier alpha value is -0.482. The van der Waals surface area contributed by atoms with Crippen LogP contribution in [0.2, 0.25) is 0 Å². The number of nitrogens with zero attached hydrogens (tertiary/aromatic N) is 4. The van der Waals surface area contributed by atoms with Gasteiger partial charge in [0.25, 0.3) is 0 Å². The molecule has 1 saturated carbocycles. The first-order valence-corrected chi connectivity index (χ1v) is 11.9. The number of benzene rings is 1. The number of hydrogen-bond donors (Lipinski definition) is 0. The molecule has 1 aliphatic heterocycles. The van der Waals surface area contributed by atoms with Crippen LogP contribution in [0.3, 0.4) is 0 Å². The van der Waals surface area contributed by atoms with Crippen molar-refractivity contribution in [2.75, 3.05) is 11.4 Å². The minimum atomic E-state index is 0. The second kappa shape index (κ2) is 15.1. The average Bonchev–Trinajstić information content (AvgIpc) is 3.36. The van der Waals surface area contributed by atoms with Crippen molar-refractivity contribution in [2.45, 2.75) is 71.3 Å². The third-order valence-corrected chi connectivity index (χ3v) is 7.03. The molecule has 2 aromatic heterocycles. The fraction of sp³-hybridized carbons (Fsp3) is 0.464. The summed E-state index contributed by atoms with van der Waals surface area (Å²) >= 11 is 0. The molecule has 2 radical (unpaired) electrons. The third-order valence-electron chi connectivity index (χ3n) is 7.03. The van der Waals surface area contributed by atoms with Crippen molar-refractivity contribution in [3.8, 4) is 0 Å². The first kappa shape index (κ1) is 32.5. The maximum Gasteiger partial charge on any atom is 0.227 e. The van der Waals surface area contributed by atoms with E-state index in [9.17, 15) is 4.79 Å². The summed E-state index contributed by atoms with van der Waals surface area (Å²) in [4.78, 5) is 23.1. The van der Waals surface area contributed by atoms with Gasteiger partial charge in [-0.25, -0.2) is 9.97 Å². The van der Waals surface area contributed by atoms with E-state index in [1.807, 2.05) is 18.0 Å². The summed E-state index contributed by atoms with van der Waals surface area (Å²) < 4.78 is 2.43. The molecule has 0 unspecified atom stereocenters. The van der Waals surface area contributed by atoms with Crippen LogP contribution < -0.4 is 4.90 Å². The minimum absolute atomic E-state index is 0. The molecule has 1 saturated heterocycles. The predicted molar refractivity (Wildman–Crippen MR) is 137 cm³/mol. The molecule has 0 bridgehead atoms. The van der Waals surface area contributed by atoms with E-state index in [1.165, 1.54) is 49.8 Å². The number of aryl methyl sites for hydroxylation is 2. The Morgan fingerprint density at radius 2 is 1.71 bits per heavy atom. The topological polar surface area (TPSA) is 51.0 Å². The first-order valence-electron chi connectivity index (χ1n) is 11.9. The quantitative estimate of drug-likeness (QED) is 0.302. The van der Waals surface area contributed by atoms with Gasteiger partial charge in [-0.15, -0.1) is 0 Å². The van der Waals surface area contributed by atoms with Gasteiger partial charge in [-0.05, 0) is 49.4 Å². The van der Waals surface area contributed by atoms with Crippen molar-refractivity contribution >= 4 is 22.6 Å². The Kier molecular flexibility index (Phi) is 14.0. The van der Waals surface area contributed by atoms with Crippen LogP contribution in [0.25, 0.3) is 11.0 Å². The predicted octanol–water partition coefficient (Wildman–Crippen LogP) is 6.32. The van der Waals surface area contributed by atoms with Crippen molar-refractivity contribution in [1.29, 1.82) is 0 Å². The molecular weight excluding hydrogens is 586 g/mol. The molecule has 35 heavy (non-hydrogen) atoms. The fourth-order valence-corrected chi connectivity index (χ4v) is 5.29. The summed E-state index contributed by atoms with van der Waals surface area (Å²) in [6.45, 7) is 3.84. The van der Waals surface area contributed by atoms with Gasteiger partial charge < -0.3 is 24.3 Å². The van der Waals surface area contributed by atoms with Gasteiger partial charge >= 0.3 is 0 Å². The number of amides is 1. The number of rotatable bonds is 6. The maximum absolute atomic E-state index is 12.0. The zero-order valence-electron chi connectivity index (χ0n) is 21.7. The molecular formula is C28H38N4OY2-2. The molecule has 7 heteroatoms. The average molecular weight is 624 g/mol. The Balaban J connectivity index is 0.00000153. The van der Waals surface area contributed by atoms with E-state index in [1.54, 1.807) is 0 Å². The van der Waals surface area contributed by atoms with Gasteiger partial charge in [0.15, 0.2) is 0 Å². The van der Waals surface area contributed by atoms with Crippen LogP contribution in [0.4, 0.5) is 5.69 Å². The summed E-state index contributed by atoms with van der Waals surface area (Å²) in [5.74, 6) is 1.92. The molecule has 2 fully saturated rings. The van der Waals surface area contributed by atoms with Crippen LogP contribution in [0.15, 0.2) is 36.5 Å². The van der Waals surface area contributed by atoms with Gasteiger partial charge in [0, 0.05) is 114 Å². The third kappa shape index (κ3) is 7.76. The van der Waals surface area contributed by atoms with Gasteiger partial charge in [-0.2, -0.15) is 0 Å². The fourth-order valence-electron chi connectivity index (χ4n) is 5.29. The SMILES string of the molecule is Cc1ncc2cc(Cc3ccc(N4CCCC4=O)cc3)n(CCC3CCCCC3)c2n1.[CH3-].[CH3-].[Y].[Y]. The molecule has 184 valence electrons. The van der Waals surface area contributed by atoms with Crippen LogP contribution in [0.1, 0.15) is 68.4 Å². The molecule has 3 heterocycles. The van der Waals surface area contributed by atoms with Crippen LogP contribution >= 0.6 is 0 Å². The van der Waals surface area contributed by atoms with Gasteiger partial charge in [0.1, 0.15) is 11.5 Å². The number of fused-ring (bicyclic) bond motifs is 1. The van der Waals surface area contributed by atoms with Crippen LogP contribution in [0.5, 0.6) is 0 Å². The minimum Gasteiger partial charge on any atom is -0.358 e. The zero-order chi connectivity index (χ0) is 21.2. The van der Waals surface area contributed by atoms with E-state index >= 15 is 0 Å². The summed E-state index contributed by atoms with van der Waals surface area (Å²) in [5, 5.41) is 1.13. The van der Waals surface area contributed by atoms with Gasteiger partial charge in [-0.1, -0.05) is 44.2 Å². The maximum atomic E-state index is 12.0. The molecule has 5 nitrogen and oxygen atoms in total. The second-order valence-electron chi connectivity index (χ2n) is 9.27. The standard InChI is InChI=1S/C26H32N4O.2CH3.2Y/c1-19-27-18-22-17-24(30(26(22)28-19)15-13-20-6-3-2-4-7-20)16-21-9-11-23(12-10-21)29-14-5-8-25(29)31;;;;/h9-12,17-18,20H,2-8,13-16H2,1H3;2*1H3;;/q;2*-1;;. The van der Waals surface area contributed by atoms with Crippen LogP contribution in [-0.4, -0.2) is 27.0 Å². The first-order chi connectivity index (χ1) is 15.2. The zero-order valence-corrected chi connectivity index (χ0v) is 27.3. The van der Waals surface area contributed by atoms with Crippen molar-refractivity contribution in [3.05, 3.63) is 68.5 Å². The monoisotopic (exact) mass is 624 g/mol. The number of carbonyl (C=O) groups is 1. The largest absolute Gasteiger partial charge is 0.358 e. The molecule has 1 aliphatic carbocycles. The summed E-state index contributed by atoms with van der Waals surface area (Å²) in [6, 6.07) is 10.8. The van der Waals surface area contributed by atoms with Gasteiger partial charge in [-0.3, -0.25) is 4.79 Å². The smallest absolute Gasteiger partial charge is 0.227 e. The molecule has 2 aliphatic rings. The number of anilines is 1. The number of hydrogen-bond acceptors (Lipinski definition) is 3. The van der Waals surface area contributed by atoms with Crippen molar-refractivity contribution in [3.63, 3.8) is 0 Å². The molecule has 1 amide bonds. The van der Waals surface area contributed by atoms with Crippen molar-refractivity contribution in [1.82, 2.24) is 14.5 Å².